The number of halogens is 4. The Morgan fingerprint density at radius 3 is 2.12 bits per heavy atom. The summed E-state index contributed by atoms with van der Waals surface area (Å²) in [6, 6.07) is 19.3. The number of nitrogens with zero attached hydrogens (tertiary/aromatic N) is 2. The molecule has 0 radical (unpaired) electrons. The second-order valence-electron chi connectivity index (χ2n) is 9.16. The molecular formula is C29H18F4N4O3. The zero-order valence-corrected chi connectivity index (χ0v) is 20.4. The van der Waals surface area contributed by atoms with Crippen molar-refractivity contribution in [3.63, 3.8) is 0 Å². The minimum atomic E-state index is -5.07. The number of hydrogen-bond acceptors (Lipinski definition) is 3. The molecular weight excluding hydrogens is 528 g/mol. The van der Waals surface area contributed by atoms with Gasteiger partial charge < -0.3 is 4.98 Å². The van der Waals surface area contributed by atoms with Gasteiger partial charge in [0.15, 0.2) is 5.69 Å². The first-order valence-electron chi connectivity index (χ1n) is 12.0. The molecule has 0 spiro atoms. The minimum absolute atomic E-state index is 0.110. The minimum Gasteiger partial charge on any atom is -0.361 e. The van der Waals surface area contributed by atoms with Crippen LogP contribution in [0, 0.1) is 5.82 Å². The second-order valence-corrected chi connectivity index (χ2v) is 9.16. The van der Waals surface area contributed by atoms with E-state index in [0.717, 1.165) is 17.0 Å². The molecule has 0 unspecified atom stereocenters. The van der Waals surface area contributed by atoms with E-state index in [1.807, 2.05) is 0 Å². The van der Waals surface area contributed by atoms with Crippen molar-refractivity contribution in [2.24, 2.45) is 0 Å². The van der Waals surface area contributed by atoms with Crippen LogP contribution in [0.4, 0.5) is 17.6 Å². The van der Waals surface area contributed by atoms with Crippen molar-refractivity contribution in [2.75, 3.05) is 0 Å². The molecule has 0 bridgehead atoms. The highest BCUT2D eigenvalue weighted by atomic mass is 19.4. The molecule has 1 aliphatic rings. The molecule has 2 N–H and O–H groups in total. The fourth-order valence-electron chi connectivity index (χ4n) is 4.89. The number of benzene rings is 3. The van der Waals surface area contributed by atoms with Crippen LogP contribution in [-0.4, -0.2) is 31.5 Å². The Morgan fingerprint density at radius 2 is 1.43 bits per heavy atom. The number of carbonyl (C=O) groups excluding carboxylic acids is 2. The number of aromatic amines is 2. The standard InChI is InChI=1S/C29H18F4N4O3/c30-17-12-10-16(11-13-17)15-36-26(38)22(20-14-34-21-9-5-4-8-19(20)21)23(27(36)39)24-25(29(31,32)33)35-37(28(24)40)18-6-2-1-3-7-18/h1-14,34-35H,15H2. The number of alkyl halides is 3. The van der Waals surface area contributed by atoms with Gasteiger partial charge in [0.25, 0.3) is 17.4 Å². The largest absolute Gasteiger partial charge is 0.433 e. The topological polar surface area (TPSA) is 91.0 Å². The van der Waals surface area contributed by atoms with Gasteiger partial charge in [-0.3, -0.25) is 24.4 Å². The summed E-state index contributed by atoms with van der Waals surface area (Å²) in [5.74, 6) is -2.49. The number of carbonyl (C=O) groups is 2. The average molecular weight is 546 g/mol. The molecule has 3 heterocycles. The summed E-state index contributed by atoms with van der Waals surface area (Å²) in [4.78, 5) is 45.0. The molecule has 11 heteroatoms. The number of fused-ring (bicyclic) bond motifs is 1. The van der Waals surface area contributed by atoms with E-state index in [9.17, 15) is 31.9 Å². The van der Waals surface area contributed by atoms with Crippen LogP contribution in [0.15, 0.2) is 89.9 Å². The van der Waals surface area contributed by atoms with Crippen molar-refractivity contribution >= 4 is 33.9 Å². The Labute approximate surface area is 223 Å². The van der Waals surface area contributed by atoms with Crippen molar-refractivity contribution in [1.82, 2.24) is 19.7 Å². The summed E-state index contributed by atoms with van der Waals surface area (Å²) in [7, 11) is 0. The van der Waals surface area contributed by atoms with Crippen LogP contribution in [0.3, 0.4) is 0 Å². The summed E-state index contributed by atoms with van der Waals surface area (Å²) >= 11 is 0. The van der Waals surface area contributed by atoms with Crippen LogP contribution in [0.2, 0.25) is 0 Å². The number of para-hydroxylation sites is 2. The van der Waals surface area contributed by atoms with Crippen LogP contribution < -0.4 is 5.56 Å². The lowest BCUT2D eigenvalue weighted by Crippen LogP contribution is -2.31. The Kier molecular flexibility index (Phi) is 5.79. The van der Waals surface area contributed by atoms with Gasteiger partial charge in [0.1, 0.15) is 5.82 Å². The lowest BCUT2D eigenvalue weighted by atomic mass is 9.96. The average Bonchev–Trinajstić information content (AvgIpc) is 3.58. The first-order valence-corrected chi connectivity index (χ1v) is 12.0. The van der Waals surface area contributed by atoms with E-state index in [1.54, 1.807) is 42.5 Å². The van der Waals surface area contributed by atoms with Gasteiger partial charge in [0.05, 0.1) is 28.9 Å². The van der Waals surface area contributed by atoms with Crippen molar-refractivity contribution in [1.29, 1.82) is 0 Å². The molecule has 0 saturated heterocycles. The Bertz CT molecular complexity index is 1880. The summed E-state index contributed by atoms with van der Waals surface area (Å²) in [6.45, 7) is -0.341. The fraction of sp³-hybridized carbons (Fsp3) is 0.0690. The van der Waals surface area contributed by atoms with E-state index >= 15 is 0 Å². The van der Waals surface area contributed by atoms with E-state index in [4.69, 9.17) is 0 Å². The van der Waals surface area contributed by atoms with Crippen LogP contribution in [0.25, 0.3) is 27.7 Å². The third-order valence-corrected chi connectivity index (χ3v) is 6.72. The summed E-state index contributed by atoms with van der Waals surface area (Å²) in [6.07, 6.45) is -3.65. The number of amides is 2. The van der Waals surface area contributed by atoms with Crippen molar-refractivity contribution in [3.8, 4) is 5.69 Å². The van der Waals surface area contributed by atoms with E-state index in [1.165, 1.54) is 30.5 Å². The molecule has 5 aromatic rings. The predicted octanol–water partition coefficient (Wildman–Crippen LogP) is 5.28. The molecule has 2 aromatic heterocycles. The van der Waals surface area contributed by atoms with Crippen LogP contribution in [0.1, 0.15) is 22.4 Å². The zero-order valence-electron chi connectivity index (χ0n) is 20.4. The van der Waals surface area contributed by atoms with E-state index < -0.39 is 46.2 Å². The second kappa shape index (κ2) is 9.23. The maximum atomic E-state index is 14.4. The zero-order chi connectivity index (χ0) is 28.2. The first kappa shape index (κ1) is 25.1. The molecule has 3 aromatic carbocycles. The van der Waals surface area contributed by atoms with E-state index in [2.05, 4.69) is 10.1 Å². The van der Waals surface area contributed by atoms with Gasteiger partial charge in [-0.2, -0.15) is 13.2 Å². The summed E-state index contributed by atoms with van der Waals surface area (Å²) < 4.78 is 57.3. The first-order chi connectivity index (χ1) is 19.1. The SMILES string of the molecule is O=C1C(c2c(C(F)(F)F)[nH]n(-c3ccccc3)c2=O)=C(c2c[nH]c3ccccc23)C(=O)N1Cc1ccc(F)cc1. The van der Waals surface area contributed by atoms with Crippen molar-refractivity contribution in [3.05, 3.63) is 124 Å². The van der Waals surface area contributed by atoms with Crippen LogP contribution in [-0.2, 0) is 22.3 Å². The molecule has 40 heavy (non-hydrogen) atoms. The monoisotopic (exact) mass is 546 g/mol. The molecule has 0 aliphatic carbocycles. The van der Waals surface area contributed by atoms with Gasteiger partial charge in [-0.15, -0.1) is 0 Å². The molecule has 0 saturated carbocycles. The van der Waals surface area contributed by atoms with Gasteiger partial charge in [-0.25, -0.2) is 9.07 Å². The maximum Gasteiger partial charge on any atom is 0.433 e. The quantitative estimate of drug-likeness (QED) is 0.232. The third kappa shape index (κ3) is 4.03. The molecule has 200 valence electrons. The summed E-state index contributed by atoms with van der Waals surface area (Å²) in [5.41, 5.74) is -3.34. The van der Waals surface area contributed by atoms with Gasteiger partial charge in [-0.05, 0) is 35.9 Å². The van der Waals surface area contributed by atoms with Crippen LogP contribution in [0.5, 0.6) is 0 Å². The van der Waals surface area contributed by atoms with Crippen molar-refractivity contribution in [2.45, 2.75) is 12.7 Å². The molecule has 7 nitrogen and oxygen atoms in total. The molecule has 1 aliphatic heterocycles. The number of aromatic nitrogens is 3. The highest BCUT2D eigenvalue weighted by Crippen LogP contribution is 2.42. The molecule has 2 amide bonds. The smallest absolute Gasteiger partial charge is 0.361 e. The molecule has 0 atom stereocenters. The number of hydrogen-bond donors (Lipinski definition) is 2. The third-order valence-electron chi connectivity index (χ3n) is 6.72. The highest BCUT2D eigenvalue weighted by molar-refractivity contribution is 6.49. The van der Waals surface area contributed by atoms with Gasteiger partial charge in [0.2, 0.25) is 0 Å². The molecule has 0 fully saturated rings. The van der Waals surface area contributed by atoms with Crippen LogP contribution >= 0.6 is 0 Å². The Hall–Kier alpha value is -5.19. The van der Waals surface area contributed by atoms with E-state index in [-0.39, 0.29) is 23.4 Å². The normalized spacial score (nSPS) is 14.2. The maximum absolute atomic E-state index is 14.4. The van der Waals surface area contributed by atoms with E-state index in [0.29, 0.717) is 21.1 Å². The Morgan fingerprint density at radius 1 is 0.775 bits per heavy atom. The van der Waals surface area contributed by atoms with Crippen molar-refractivity contribution < 1.29 is 27.2 Å². The predicted molar refractivity (Wildman–Crippen MR) is 138 cm³/mol. The molecule has 6 rings (SSSR count). The highest BCUT2D eigenvalue weighted by Gasteiger charge is 2.47. The van der Waals surface area contributed by atoms with Gasteiger partial charge in [-0.1, -0.05) is 48.5 Å². The van der Waals surface area contributed by atoms with Gasteiger partial charge in [0, 0.05) is 22.7 Å². The number of imide groups is 1. The lowest BCUT2D eigenvalue weighted by Gasteiger charge is -2.15. The summed E-state index contributed by atoms with van der Waals surface area (Å²) in [5, 5.41) is 2.58. The fourth-order valence-corrected chi connectivity index (χ4v) is 4.89. The Balaban J connectivity index is 1.62. The van der Waals surface area contributed by atoms with Gasteiger partial charge >= 0.3 is 6.18 Å². The lowest BCUT2D eigenvalue weighted by molar-refractivity contribution is -0.141. The number of rotatable bonds is 5. The number of H-pyrrole nitrogens is 2. The number of nitrogens with one attached hydrogen (secondary N) is 2.